The van der Waals surface area contributed by atoms with Crippen LogP contribution in [-0.2, 0) is 0 Å². The Balaban J connectivity index is 2.21. The number of hydrogen-bond donors (Lipinski definition) is 1. The fourth-order valence-corrected chi connectivity index (χ4v) is 2.13. The Morgan fingerprint density at radius 3 is 2.94 bits per heavy atom. The van der Waals surface area contributed by atoms with Crippen molar-refractivity contribution in [1.29, 1.82) is 0 Å². The minimum absolute atomic E-state index is 0.161. The van der Waals surface area contributed by atoms with Gasteiger partial charge in [0, 0.05) is 12.1 Å². The van der Waals surface area contributed by atoms with E-state index in [2.05, 4.69) is 17.2 Å². The summed E-state index contributed by atoms with van der Waals surface area (Å²) >= 11 is 0. The van der Waals surface area contributed by atoms with Crippen LogP contribution in [0.15, 0.2) is 23.2 Å². The van der Waals surface area contributed by atoms with Gasteiger partial charge in [0.1, 0.15) is 5.82 Å². The number of rotatable bonds is 3. The topological polar surface area (TPSA) is 41.5 Å². The van der Waals surface area contributed by atoms with E-state index in [-0.39, 0.29) is 17.9 Å². The van der Waals surface area contributed by atoms with E-state index in [4.69, 9.17) is 0 Å². The Labute approximate surface area is 106 Å². The van der Waals surface area contributed by atoms with Crippen molar-refractivity contribution in [2.75, 3.05) is 0 Å². The standard InChI is InChI=1S/C14H17FN2O/c1-3-4-11-8-13(17-14(18)16-11)10-6-5-9(2)12(15)7-10/h5-7,13H,3-4,8H2,1-2H3,(H,17,18). The second-order valence-corrected chi connectivity index (χ2v) is 4.64. The second kappa shape index (κ2) is 5.29. The first-order chi connectivity index (χ1) is 8.60. The summed E-state index contributed by atoms with van der Waals surface area (Å²) in [5, 5.41) is 2.77. The van der Waals surface area contributed by atoms with Crippen molar-refractivity contribution >= 4 is 11.7 Å². The third-order valence-electron chi connectivity index (χ3n) is 3.13. The van der Waals surface area contributed by atoms with Gasteiger partial charge in [-0.2, -0.15) is 0 Å². The number of urea groups is 1. The summed E-state index contributed by atoms with van der Waals surface area (Å²) in [5.41, 5.74) is 2.31. The first-order valence-corrected chi connectivity index (χ1v) is 6.23. The maximum atomic E-state index is 13.5. The van der Waals surface area contributed by atoms with E-state index in [1.165, 1.54) is 6.07 Å². The van der Waals surface area contributed by atoms with Crippen molar-refractivity contribution in [3.63, 3.8) is 0 Å². The molecule has 0 fully saturated rings. The number of amides is 2. The van der Waals surface area contributed by atoms with Crippen molar-refractivity contribution in [1.82, 2.24) is 5.32 Å². The van der Waals surface area contributed by atoms with E-state index >= 15 is 0 Å². The van der Waals surface area contributed by atoms with Gasteiger partial charge in [0.2, 0.25) is 0 Å². The van der Waals surface area contributed by atoms with Gasteiger partial charge in [-0.1, -0.05) is 25.5 Å². The molecule has 1 aliphatic heterocycles. The van der Waals surface area contributed by atoms with Crippen molar-refractivity contribution < 1.29 is 9.18 Å². The predicted octanol–water partition coefficient (Wildman–Crippen LogP) is 3.53. The molecular weight excluding hydrogens is 231 g/mol. The molecule has 4 heteroatoms. The normalized spacial score (nSPS) is 19.4. The van der Waals surface area contributed by atoms with Gasteiger partial charge in [0.25, 0.3) is 0 Å². The van der Waals surface area contributed by atoms with Gasteiger partial charge in [-0.25, -0.2) is 14.2 Å². The average molecular weight is 248 g/mol. The molecule has 1 aliphatic rings. The van der Waals surface area contributed by atoms with Crippen molar-refractivity contribution in [2.24, 2.45) is 4.99 Å². The van der Waals surface area contributed by atoms with Crippen molar-refractivity contribution in [3.8, 4) is 0 Å². The molecule has 0 saturated carbocycles. The first-order valence-electron chi connectivity index (χ1n) is 6.23. The van der Waals surface area contributed by atoms with Gasteiger partial charge < -0.3 is 5.32 Å². The molecule has 3 nitrogen and oxygen atoms in total. The molecule has 0 aliphatic carbocycles. The highest BCUT2D eigenvalue weighted by Gasteiger charge is 2.22. The van der Waals surface area contributed by atoms with Crippen LogP contribution in [0.5, 0.6) is 0 Å². The van der Waals surface area contributed by atoms with Gasteiger partial charge in [-0.3, -0.25) is 0 Å². The summed E-state index contributed by atoms with van der Waals surface area (Å²) < 4.78 is 13.5. The number of hydrogen-bond acceptors (Lipinski definition) is 1. The third-order valence-corrected chi connectivity index (χ3v) is 3.13. The highest BCUT2D eigenvalue weighted by atomic mass is 19.1. The van der Waals surface area contributed by atoms with Gasteiger partial charge >= 0.3 is 6.03 Å². The van der Waals surface area contributed by atoms with Gasteiger partial charge in [0.15, 0.2) is 0 Å². The summed E-state index contributed by atoms with van der Waals surface area (Å²) in [6.07, 6.45) is 2.45. The summed E-state index contributed by atoms with van der Waals surface area (Å²) in [4.78, 5) is 15.5. The molecule has 2 amide bonds. The van der Waals surface area contributed by atoms with E-state index in [0.717, 1.165) is 24.1 Å². The molecule has 0 bridgehead atoms. The van der Waals surface area contributed by atoms with Crippen LogP contribution < -0.4 is 5.32 Å². The maximum Gasteiger partial charge on any atom is 0.341 e. The average Bonchev–Trinajstić information content (AvgIpc) is 2.32. The monoisotopic (exact) mass is 248 g/mol. The number of nitrogens with one attached hydrogen (secondary N) is 1. The molecule has 2 rings (SSSR count). The van der Waals surface area contributed by atoms with Crippen LogP contribution in [0.3, 0.4) is 0 Å². The number of aryl methyl sites for hydroxylation is 1. The molecule has 96 valence electrons. The van der Waals surface area contributed by atoms with Gasteiger partial charge in [-0.05, 0) is 30.5 Å². The lowest BCUT2D eigenvalue weighted by Crippen LogP contribution is -2.33. The zero-order valence-electron chi connectivity index (χ0n) is 10.7. The quantitative estimate of drug-likeness (QED) is 0.873. The minimum atomic E-state index is -0.323. The number of carbonyl (C=O) groups is 1. The van der Waals surface area contributed by atoms with Gasteiger partial charge in [-0.15, -0.1) is 0 Å². The highest BCUT2D eigenvalue weighted by molar-refractivity contribution is 5.97. The highest BCUT2D eigenvalue weighted by Crippen LogP contribution is 2.23. The lowest BCUT2D eigenvalue weighted by Gasteiger charge is -2.23. The zero-order valence-corrected chi connectivity index (χ0v) is 10.7. The van der Waals surface area contributed by atoms with Crippen molar-refractivity contribution in [2.45, 2.75) is 39.2 Å². The van der Waals surface area contributed by atoms with Crippen LogP contribution >= 0.6 is 0 Å². The maximum absolute atomic E-state index is 13.5. The second-order valence-electron chi connectivity index (χ2n) is 4.64. The molecule has 1 aromatic carbocycles. The lowest BCUT2D eigenvalue weighted by atomic mass is 9.97. The lowest BCUT2D eigenvalue weighted by molar-refractivity contribution is 0.244. The van der Waals surface area contributed by atoms with E-state index in [0.29, 0.717) is 12.0 Å². The Morgan fingerprint density at radius 2 is 2.28 bits per heavy atom. The van der Waals surface area contributed by atoms with Crippen LogP contribution in [0.25, 0.3) is 0 Å². The molecule has 0 saturated heterocycles. The van der Waals surface area contributed by atoms with E-state index in [9.17, 15) is 9.18 Å². The minimum Gasteiger partial charge on any atom is -0.329 e. The largest absolute Gasteiger partial charge is 0.341 e. The van der Waals surface area contributed by atoms with Crippen LogP contribution in [0.4, 0.5) is 9.18 Å². The molecule has 0 spiro atoms. The smallest absolute Gasteiger partial charge is 0.329 e. The Kier molecular flexibility index (Phi) is 3.75. The summed E-state index contributed by atoms with van der Waals surface area (Å²) in [6.45, 7) is 3.78. The number of aliphatic imine (C=N–C) groups is 1. The number of benzene rings is 1. The molecule has 1 heterocycles. The number of halogens is 1. The van der Waals surface area contributed by atoms with Crippen LogP contribution in [0.1, 0.15) is 43.4 Å². The summed E-state index contributed by atoms with van der Waals surface area (Å²) in [5.74, 6) is -0.235. The molecular formula is C14H17FN2O. The van der Waals surface area contributed by atoms with Crippen molar-refractivity contribution in [3.05, 3.63) is 35.1 Å². The van der Waals surface area contributed by atoms with Crippen LogP contribution in [-0.4, -0.2) is 11.7 Å². The van der Waals surface area contributed by atoms with Crippen LogP contribution in [0, 0.1) is 12.7 Å². The fraction of sp³-hybridized carbons (Fsp3) is 0.429. The molecule has 1 aromatic rings. The molecule has 0 aromatic heterocycles. The molecule has 1 unspecified atom stereocenters. The first kappa shape index (κ1) is 12.7. The zero-order chi connectivity index (χ0) is 13.1. The molecule has 1 N–H and O–H groups in total. The molecule has 18 heavy (non-hydrogen) atoms. The Morgan fingerprint density at radius 1 is 1.50 bits per heavy atom. The van der Waals surface area contributed by atoms with E-state index < -0.39 is 0 Å². The van der Waals surface area contributed by atoms with E-state index in [1.54, 1.807) is 13.0 Å². The predicted molar refractivity (Wildman–Crippen MR) is 69.4 cm³/mol. The van der Waals surface area contributed by atoms with Gasteiger partial charge in [0.05, 0.1) is 6.04 Å². The number of carbonyl (C=O) groups excluding carboxylic acids is 1. The fourth-order valence-electron chi connectivity index (χ4n) is 2.13. The Bertz CT molecular complexity index is 497. The SMILES string of the molecule is CCCC1=NC(=O)NC(c2ccc(C)c(F)c2)C1. The van der Waals surface area contributed by atoms with Crippen LogP contribution in [0.2, 0.25) is 0 Å². The third kappa shape index (κ3) is 2.75. The molecule has 1 atom stereocenters. The number of nitrogens with zero attached hydrogens (tertiary/aromatic N) is 1. The molecule has 0 radical (unpaired) electrons. The Hall–Kier alpha value is -1.71. The summed E-state index contributed by atoms with van der Waals surface area (Å²) in [6, 6.07) is 4.61. The van der Waals surface area contributed by atoms with E-state index in [1.807, 2.05) is 6.07 Å². The summed E-state index contributed by atoms with van der Waals surface area (Å²) in [7, 11) is 0.